The van der Waals surface area contributed by atoms with Crippen molar-refractivity contribution < 1.29 is 27.4 Å². The third-order valence-electron chi connectivity index (χ3n) is 4.22. The van der Waals surface area contributed by atoms with E-state index in [0.29, 0.717) is 13.2 Å². The number of rotatable bonds is 2. The third-order valence-corrected chi connectivity index (χ3v) is 4.22. The second-order valence-corrected chi connectivity index (χ2v) is 5.76. The number of morpholine rings is 1. The van der Waals surface area contributed by atoms with Gasteiger partial charge in [0.25, 0.3) is 5.91 Å². The molecule has 126 valence electrons. The van der Waals surface area contributed by atoms with E-state index < -0.39 is 17.6 Å². The first kappa shape index (κ1) is 16.3. The molecule has 2 saturated heterocycles. The molecule has 0 unspecified atom stereocenters. The number of carbonyl (C=O) groups excluding carboxylic acids is 1. The van der Waals surface area contributed by atoms with E-state index >= 15 is 0 Å². The zero-order chi connectivity index (χ0) is 16.4. The second kappa shape index (κ2) is 6.49. The highest BCUT2D eigenvalue weighted by Crippen LogP contribution is 2.32. The second-order valence-electron chi connectivity index (χ2n) is 5.76. The number of amides is 1. The lowest BCUT2D eigenvalue weighted by molar-refractivity contribution is -0.138. The molecular formula is C16H18F3NO3. The average molecular weight is 329 g/mol. The number of carbonyl (C=O) groups is 1. The molecule has 2 heterocycles. The number of alkyl halides is 3. The van der Waals surface area contributed by atoms with Gasteiger partial charge in [-0.1, -0.05) is 12.1 Å². The van der Waals surface area contributed by atoms with E-state index in [-0.39, 0.29) is 30.9 Å². The minimum absolute atomic E-state index is 0.0801. The zero-order valence-corrected chi connectivity index (χ0v) is 12.5. The summed E-state index contributed by atoms with van der Waals surface area (Å²) in [5, 5.41) is 0. The van der Waals surface area contributed by atoms with Gasteiger partial charge in [-0.2, -0.15) is 13.2 Å². The van der Waals surface area contributed by atoms with E-state index in [1.165, 1.54) is 23.1 Å². The quantitative estimate of drug-likeness (QED) is 0.837. The lowest BCUT2D eigenvalue weighted by Gasteiger charge is -2.35. The third kappa shape index (κ3) is 3.50. The van der Waals surface area contributed by atoms with E-state index in [9.17, 15) is 18.0 Å². The molecule has 0 bridgehead atoms. The normalized spacial score (nSPS) is 25.6. The minimum Gasteiger partial charge on any atom is -0.375 e. The lowest BCUT2D eigenvalue weighted by Crippen LogP contribution is -2.50. The summed E-state index contributed by atoms with van der Waals surface area (Å²) in [5.41, 5.74) is -1.21. The topological polar surface area (TPSA) is 38.8 Å². The molecule has 2 aliphatic rings. The van der Waals surface area contributed by atoms with Crippen LogP contribution in [0.1, 0.15) is 28.8 Å². The van der Waals surface area contributed by atoms with Gasteiger partial charge in [-0.3, -0.25) is 4.79 Å². The summed E-state index contributed by atoms with van der Waals surface area (Å²) in [7, 11) is 0. The maximum atomic E-state index is 13.1. The van der Waals surface area contributed by atoms with E-state index in [0.717, 1.165) is 18.9 Å². The maximum absolute atomic E-state index is 13.1. The molecule has 3 rings (SSSR count). The molecule has 2 fully saturated rings. The van der Waals surface area contributed by atoms with Gasteiger partial charge in [-0.25, -0.2) is 0 Å². The smallest absolute Gasteiger partial charge is 0.375 e. The van der Waals surface area contributed by atoms with Crippen molar-refractivity contribution in [2.45, 2.75) is 31.2 Å². The van der Waals surface area contributed by atoms with Gasteiger partial charge < -0.3 is 14.4 Å². The van der Waals surface area contributed by atoms with Crippen molar-refractivity contribution in [3.05, 3.63) is 35.4 Å². The molecule has 0 radical (unpaired) electrons. The Morgan fingerprint density at radius 1 is 1.13 bits per heavy atom. The number of nitrogens with zero attached hydrogens (tertiary/aromatic N) is 1. The predicted molar refractivity (Wildman–Crippen MR) is 76.1 cm³/mol. The Morgan fingerprint density at radius 2 is 1.87 bits per heavy atom. The summed E-state index contributed by atoms with van der Waals surface area (Å²) in [6, 6.07) is 4.89. The van der Waals surface area contributed by atoms with Crippen molar-refractivity contribution in [3.8, 4) is 0 Å². The van der Waals surface area contributed by atoms with Gasteiger partial charge in [0.2, 0.25) is 0 Å². The van der Waals surface area contributed by atoms with Crippen molar-refractivity contribution in [1.29, 1.82) is 0 Å². The highest BCUT2D eigenvalue weighted by molar-refractivity contribution is 5.96. The van der Waals surface area contributed by atoms with Gasteiger partial charge in [0.15, 0.2) is 0 Å². The highest BCUT2D eigenvalue weighted by Gasteiger charge is 2.38. The fourth-order valence-corrected chi connectivity index (χ4v) is 3.07. The van der Waals surface area contributed by atoms with Crippen LogP contribution < -0.4 is 0 Å². The molecule has 2 aliphatic heterocycles. The molecule has 1 amide bonds. The Bertz CT molecular complexity index is 570. The fourth-order valence-electron chi connectivity index (χ4n) is 3.07. The molecule has 0 saturated carbocycles. The van der Waals surface area contributed by atoms with Crippen LogP contribution in [-0.4, -0.2) is 49.3 Å². The Labute approximate surface area is 132 Å². The Hall–Kier alpha value is -1.60. The number of ether oxygens (including phenoxy) is 2. The van der Waals surface area contributed by atoms with Crippen LogP contribution in [0.25, 0.3) is 0 Å². The van der Waals surface area contributed by atoms with Crippen molar-refractivity contribution in [2.24, 2.45) is 0 Å². The Balaban J connectivity index is 1.77. The molecule has 1 aromatic carbocycles. The molecule has 0 aliphatic carbocycles. The number of hydrogen-bond donors (Lipinski definition) is 0. The molecule has 23 heavy (non-hydrogen) atoms. The monoisotopic (exact) mass is 329 g/mol. The first-order chi connectivity index (χ1) is 11.0. The molecule has 4 nitrogen and oxygen atoms in total. The van der Waals surface area contributed by atoms with Crippen molar-refractivity contribution >= 4 is 5.91 Å². The van der Waals surface area contributed by atoms with Crippen molar-refractivity contribution in [3.63, 3.8) is 0 Å². The summed E-state index contributed by atoms with van der Waals surface area (Å²) in [6.07, 6.45) is -3.11. The summed E-state index contributed by atoms with van der Waals surface area (Å²) in [6.45, 7) is 1.52. The predicted octanol–water partition coefficient (Wildman–Crippen LogP) is 2.73. The summed E-state index contributed by atoms with van der Waals surface area (Å²) in [5.74, 6) is -0.607. The van der Waals surface area contributed by atoms with Crippen LogP contribution in [0, 0.1) is 0 Å². The molecular weight excluding hydrogens is 311 g/mol. The molecule has 2 atom stereocenters. The van der Waals surface area contributed by atoms with Gasteiger partial charge >= 0.3 is 6.18 Å². The molecule has 0 aromatic heterocycles. The number of benzene rings is 1. The Kier molecular flexibility index (Phi) is 4.59. The van der Waals surface area contributed by atoms with Gasteiger partial charge in [-0.15, -0.1) is 0 Å². The van der Waals surface area contributed by atoms with E-state index in [4.69, 9.17) is 9.47 Å². The zero-order valence-electron chi connectivity index (χ0n) is 12.5. The SMILES string of the molecule is O=C(c1ccccc1C(F)(F)F)N1CCO[C@@H]([C@@H]2CCCO2)C1. The van der Waals surface area contributed by atoms with Crippen LogP contribution in [-0.2, 0) is 15.7 Å². The van der Waals surface area contributed by atoms with Crippen LogP contribution in [0.4, 0.5) is 13.2 Å². The average Bonchev–Trinajstić information content (AvgIpc) is 3.08. The highest BCUT2D eigenvalue weighted by atomic mass is 19.4. The minimum atomic E-state index is -4.55. The Morgan fingerprint density at radius 3 is 2.57 bits per heavy atom. The van der Waals surface area contributed by atoms with Gasteiger partial charge in [-0.05, 0) is 25.0 Å². The molecule has 1 aromatic rings. The standard InChI is InChI=1S/C16H18F3NO3/c17-16(18,19)12-5-2-1-4-11(12)15(21)20-7-9-23-14(10-20)13-6-3-8-22-13/h1-2,4-5,13-14H,3,6-10H2/t13-,14+/m0/s1. The van der Waals surface area contributed by atoms with Gasteiger partial charge in [0.05, 0.1) is 23.8 Å². The van der Waals surface area contributed by atoms with Gasteiger partial charge in [0.1, 0.15) is 6.10 Å². The van der Waals surface area contributed by atoms with Crippen LogP contribution in [0.5, 0.6) is 0 Å². The number of hydrogen-bond acceptors (Lipinski definition) is 3. The van der Waals surface area contributed by atoms with Crippen LogP contribution in [0.15, 0.2) is 24.3 Å². The molecule has 0 N–H and O–H groups in total. The lowest BCUT2D eigenvalue weighted by atomic mass is 10.0. The fraction of sp³-hybridized carbons (Fsp3) is 0.562. The van der Waals surface area contributed by atoms with Gasteiger partial charge in [0, 0.05) is 19.7 Å². The summed E-state index contributed by atoms with van der Waals surface area (Å²) >= 11 is 0. The van der Waals surface area contributed by atoms with Crippen LogP contribution in [0.2, 0.25) is 0 Å². The van der Waals surface area contributed by atoms with Crippen LogP contribution in [0.3, 0.4) is 0 Å². The van der Waals surface area contributed by atoms with Crippen molar-refractivity contribution in [2.75, 3.05) is 26.3 Å². The molecule has 0 spiro atoms. The number of halogens is 3. The van der Waals surface area contributed by atoms with E-state index in [1.54, 1.807) is 0 Å². The first-order valence-corrected chi connectivity index (χ1v) is 7.65. The van der Waals surface area contributed by atoms with Crippen LogP contribution >= 0.6 is 0 Å². The van der Waals surface area contributed by atoms with Crippen molar-refractivity contribution in [1.82, 2.24) is 4.90 Å². The largest absolute Gasteiger partial charge is 0.417 e. The summed E-state index contributed by atoms with van der Waals surface area (Å²) < 4.78 is 50.4. The molecule has 7 heteroatoms. The maximum Gasteiger partial charge on any atom is 0.417 e. The first-order valence-electron chi connectivity index (χ1n) is 7.65. The van der Waals surface area contributed by atoms with E-state index in [1.807, 2.05) is 0 Å². The van der Waals surface area contributed by atoms with E-state index in [2.05, 4.69) is 0 Å². The summed E-state index contributed by atoms with van der Waals surface area (Å²) in [4.78, 5) is 14.0.